The van der Waals surface area contributed by atoms with E-state index in [1.54, 1.807) is 0 Å². The van der Waals surface area contributed by atoms with Gasteiger partial charge < -0.3 is 14.7 Å². The molecular formula is C20H34N2O3. The molecule has 0 spiro atoms. The summed E-state index contributed by atoms with van der Waals surface area (Å²) in [6.45, 7) is 8.65. The first kappa shape index (κ1) is 18.9. The molecule has 0 unspecified atom stereocenters. The quantitative estimate of drug-likeness (QED) is 0.773. The van der Waals surface area contributed by atoms with Crippen molar-refractivity contribution in [2.75, 3.05) is 46.0 Å². The van der Waals surface area contributed by atoms with Crippen LogP contribution in [0.2, 0.25) is 0 Å². The fourth-order valence-electron chi connectivity index (χ4n) is 5.14. The number of morpholine rings is 1. The zero-order valence-electron chi connectivity index (χ0n) is 15.5. The van der Waals surface area contributed by atoms with Crippen molar-refractivity contribution in [1.82, 2.24) is 9.80 Å². The summed E-state index contributed by atoms with van der Waals surface area (Å²) in [5, 5.41) is 9.98. The molecule has 0 aromatic heterocycles. The lowest BCUT2D eigenvalue weighted by atomic mass is 9.75. The number of carbonyl (C=O) groups excluding carboxylic acids is 1. The van der Waals surface area contributed by atoms with Gasteiger partial charge in [-0.1, -0.05) is 25.3 Å². The topological polar surface area (TPSA) is 53.0 Å². The van der Waals surface area contributed by atoms with Gasteiger partial charge in [-0.25, -0.2) is 0 Å². The van der Waals surface area contributed by atoms with Crippen LogP contribution in [0.3, 0.4) is 0 Å². The second-order valence-electron chi connectivity index (χ2n) is 8.17. The van der Waals surface area contributed by atoms with Gasteiger partial charge in [0.05, 0.1) is 19.8 Å². The van der Waals surface area contributed by atoms with Gasteiger partial charge in [0.2, 0.25) is 5.91 Å². The van der Waals surface area contributed by atoms with Gasteiger partial charge in [0.1, 0.15) is 5.54 Å². The van der Waals surface area contributed by atoms with E-state index in [2.05, 4.69) is 16.4 Å². The minimum Gasteiger partial charge on any atom is -0.396 e. The molecule has 0 radical (unpaired) electrons. The Balaban J connectivity index is 1.80. The minimum atomic E-state index is -0.339. The van der Waals surface area contributed by atoms with Gasteiger partial charge in [-0.15, -0.1) is 6.58 Å². The largest absolute Gasteiger partial charge is 0.396 e. The average Bonchev–Trinajstić information content (AvgIpc) is 2.69. The molecule has 5 heteroatoms. The number of piperidine rings is 1. The Morgan fingerprint density at radius 2 is 1.80 bits per heavy atom. The van der Waals surface area contributed by atoms with Crippen LogP contribution >= 0.6 is 0 Å². The highest BCUT2D eigenvalue weighted by Crippen LogP contribution is 2.39. The van der Waals surface area contributed by atoms with Gasteiger partial charge in [0, 0.05) is 31.6 Å². The highest BCUT2D eigenvalue weighted by atomic mass is 16.5. The van der Waals surface area contributed by atoms with E-state index in [9.17, 15) is 9.90 Å². The zero-order chi connectivity index (χ0) is 17.8. The van der Waals surface area contributed by atoms with E-state index in [0.29, 0.717) is 12.5 Å². The summed E-state index contributed by atoms with van der Waals surface area (Å²) in [5.41, 5.74) is -0.536. The number of aliphatic hydroxyl groups excluding tert-OH is 1. The molecule has 1 amide bonds. The number of ether oxygens (including phenoxy) is 1. The summed E-state index contributed by atoms with van der Waals surface area (Å²) in [6.07, 6.45) is 10.1. The molecular weight excluding hydrogens is 316 g/mol. The first-order valence-corrected chi connectivity index (χ1v) is 10.00. The van der Waals surface area contributed by atoms with Gasteiger partial charge in [-0.05, 0) is 32.1 Å². The molecule has 0 aromatic carbocycles. The monoisotopic (exact) mass is 350 g/mol. The molecule has 0 aromatic rings. The van der Waals surface area contributed by atoms with Crippen molar-refractivity contribution in [3.63, 3.8) is 0 Å². The van der Waals surface area contributed by atoms with Gasteiger partial charge in [0.15, 0.2) is 0 Å². The summed E-state index contributed by atoms with van der Waals surface area (Å²) >= 11 is 0. The Kier molecular flexibility index (Phi) is 6.18. The predicted octanol–water partition coefficient (Wildman–Crippen LogP) is 2.20. The van der Waals surface area contributed by atoms with Crippen molar-refractivity contribution in [3.8, 4) is 0 Å². The standard InChI is InChI=1S/C20H34N2O3/c1-2-7-19(17-23)8-6-11-21(16-19)18(24)20(9-4-3-5-10-20)22-12-14-25-15-13-22/h2,23H,1,3-17H2/t19-/m1/s1. The summed E-state index contributed by atoms with van der Waals surface area (Å²) in [5.74, 6) is 0.302. The molecule has 1 aliphatic carbocycles. The number of hydrogen-bond acceptors (Lipinski definition) is 4. The lowest BCUT2D eigenvalue weighted by molar-refractivity contribution is -0.155. The summed E-state index contributed by atoms with van der Waals surface area (Å²) in [4.78, 5) is 18.2. The highest BCUT2D eigenvalue weighted by Gasteiger charge is 2.49. The third kappa shape index (κ3) is 3.79. The number of likely N-dealkylation sites (tertiary alicyclic amines) is 1. The molecule has 3 rings (SSSR count). The summed E-state index contributed by atoms with van der Waals surface area (Å²) in [7, 11) is 0. The molecule has 5 nitrogen and oxygen atoms in total. The van der Waals surface area contributed by atoms with E-state index in [1.165, 1.54) is 6.42 Å². The Labute approximate surface area is 152 Å². The van der Waals surface area contributed by atoms with Gasteiger partial charge in [0.25, 0.3) is 0 Å². The van der Waals surface area contributed by atoms with Crippen LogP contribution in [0.25, 0.3) is 0 Å². The summed E-state index contributed by atoms with van der Waals surface area (Å²) in [6, 6.07) is 0. The van der Waals surface area contributed by atoms with Crippen LogP contribution in [0, 0.1) is 5.41 Å². The number of nitrogens with zero attached hydrogens (tertiary/aromatic N) is 2. The minimum absolute atomic E-state index is 0.132. The van der Waals surface area contributed by atoms with Gasteiger partial charge in [-0.2, -0.15) is 0 Å². The molecule has 1 N–H and O–H groups in total. The molecule has 25 heavy (non-hydrogen) atoms. The van der Waals surface area contributed by atoms with Gasteiger partial charge >= 0.3 is 0 Å². The molecule has 142 valence electrons. The molecule has 1 saturated carbocycles. The SMILES string of the molecule is C=CC[C@@]1(CO)CCCN(C(=O)C2(N3CCOCC3)CCCCC2)C1. The van der Waals surface area contributed by atoms with Crippen molar-refractivity contribution in [3.05, 3.63) is 12.7 Å². The molecule has 2 aliphatic heterocycles. The van der Waals surface area contributed by atoms with Crippen molar-refractivity contribution < 1.29 is 14.6 Å². The Morgan fingerprint density at radius 1 is 1.08 bits per heavy atom. The van der Waals surface area contributed by atoms with Crippen LogP contribution in [0.4, 0.5) is 0 Å². The van der Waals surface area contributed by atoms with E-state index < -0.39 is 0 Å². The maximum Gasteiger partial charge on any atom is 0.243 e. The normalized spacial score (nSPS) is 30.8. The van der Waals surface area contributed by atoms with Crippen LogP contribution in [-0.4, -0.2) is 72.4 Å². The number of amides is 1. The molecule has 3 fully saturated rings. The maximum absolute atomic E-state index is 13.7. The number of allylic oxidation sites excluding steroid dienone is 1. The van der Waals surface area contributed by atoms with E-state index in [0.717, 1.165) is 77.8 Å². The van der Waals surface area contributed by atoms with Crippen LogP contribution in [0.1, 0.15) is 51.4 Å². The highest BCUT2D eigenvalue weighted by molar-refractivity contribution is 5.86. The first-order chi connectivity index (χ1) is 12.2. The number of rotatable bonds is 5. The van der Waals surface area contributed by atoms with E-state index in [-0.39, 0.29) is 17.6 Å². The third-order valence-electron chi connectivity index (χ3n) is 6.56. The summed E-state index contributed by atoms with van der Waals surface area (Å²) < 4.78 is 5.53. The number of hydrogen-bond donors (Lipinski definition) is 1. The fraction of sp³-hybridized carbons (Fsp3) is 0.850. The van der Waals surface area contributed by atoms with E-state index >= 15 is 0 Å². The molecule has 2 heterocycles. The zero-order valence-corrected chi connectivity index (χ0v) is 15.5. The van der Waals surface area contributed by atoms with Crippen molar-refractivity contribution in [1.29, 1.82) is 0 Å². The van der Waals surface area contributed by atoms with Crippen LogP contribution in [0.15, 0.2) is 12.7 Å². The Morgan fingerprint density at radius 3 is 2.44 bits per heavy atom. The predicted molar refractivity (Wildman–Crippen MR) is 98.4 cm³/mol. The number of carbonyl (C=O) groups is 1. The second-order valence-corrected chi connectivity index (χ2v) is 8.17. The Bertz CT molecular complexity index is 470. The van der Waals surface area contributed by atoms with Crippen LogP contribution in [-0.2, 0) is 9.53 Å². The van der Waals surface area contributed by atoms with Crippen molar-refractivity contribution >= 4 is 5.91 Å². The lowest BCUT2D eigenvalue weighted by Gasteiger charge is -2.51. The van der Waals surface area contributed by atoms with Gasteiger partial charge in [-0.3, -0.25) is 9.69 Å². The maximum atomic E-state index is 13.7. The fourth-order valence-corrected chi connectivity index (χ4v) is 5.14. The number of aliphatic hydroxyl groups is 1. The van der Waals surface area contributed by atoms with Crippen molar-refractivity contribution in [2.24, 2.45) is 5.41 Å². The van der Waals surface area contributed by atoms with Crippen LogP contribution in [0.5, 0.6) is 0 Å². The van der Waals surface area contributed by atoms with Crippen molar-refractivity contribution in [2.45, 2.75) is 56.9 Å². The lowest BCUT2D eigenvalue weighted by Crippen LogP contribution is -2.64. The molecule has 1 atom stereocenters. The van der Waals surface area contributed by atoms with E-state index in [4.69, 9.17) is 4.74 Å². The second kappa shape index (κ2) is 8.19. The van der Waals surface area contributed by atoms with Crippen LogP contribution < -0.4 is 0 Å². The smallest absolute Gasteiger partial charge is 0.243 e. The molecule has 3 aliphatic rings. The molecule has 2 saturated heterocycles. The average molecular weight is 351 g/mol. The molecule has 0 bridgehead atoms. The first-order valence-electron chi connectivity index (χ1n) is 10.00. The van der Waals surface area contributed by atoms with E-state index in [1.807, 2.05) is 6.08 Å². The third-order valence-corrected chi connectivity index (χ3v) is 6.56. The Hall–Kier alpha value is -0.910.